The minimum absolute atomic E-state index is 0.143. The lowest BCUT2D eigenvalue weighted by Gasteiger charge is -2.30. The lowest BCUT2D eigenvalue weighted by Crippen LogP contribution is -2.56. The predicted octanol–water partition coefficient (Wildman–Crippen LogP) is -0.0770. The van der Waals surface area contributed by atoms with E-state index in [1.807, 2.05) is 20.8 Å². The number of likely N-dealkylation sites (N-methyl/N-ethyl adjacent to an activating group) is 1. The van der Waals surface area contributed by atoms with Gasteiger partial charge in [0.1, 0.15) is 18.1 Å². The molecule has 146 valence electrons. The van der Waals surface area contributed by atoms with E-state index in [-0.39, 0.29) is 29.5 Å². The van der Waals surface area contributed by atoms with Crippen molar-refractivity contribution < 1.29 is 19.2 Å². The number of carbonyl (C=O) groups excluding carboxylic acids is 4. The molecule has 2 aliphatic heterocycles. The zero-order valence-electron chi connectivity index (χ0n) is 15.8. The third-order valence-electron chi connectivity index (χ3n) is 4.82. The van der Waals surface area contributed by atoms with E-state index in [2.05, 4.69) is 16.0 Å². The Morgan fingerprint density at radius 1 is 1.23 bits per heavy atom. The van der Waals surface area contributed by atoms with Crippen molar-refractivity contribution in [1.29, 1.82) is 0 Å². The molecule has 0 unspecified atom stereocenters. The lowest BCUT2D eigenvalue weighted by molar-refractivity contribution is -0.142. The maximum Gasteiger partial charge on any atom is 0.245 e. The molecule has 2 heterocycles. The summed E-state index contributed by atoms with van der Waals surface area (Å²) in [7, 11) is 0. The number of carbonyl (C=O) groups is 4. The van der Waals surface area contributed by atoms with Crippen molar-refractivity contribution in [3.63, 3.8) is 0 Å². The van der Waals surface area contributed by atoms with Crippen LogP contribution < -0.4 is 16.0 Å². The summed E-state index contributed by atoms with van der Waals surface area (Å²) in [6, 6.07) is -1.74. The van der Waals surface area contributed by atoms with E-state index < -0.39 is 18.1 Å². The van der Waals surface area contributed by atoms with Crippen LogP contribution in [0.15, 0.2) is 0 Å². The van der Waals surface area contributed by atoms with Crippen molar-refractivity contribution in [3.05, 3.63) is 0 Å². The van der Waals surface area contributed by atoms with E-state index in [0.717, 1.165) is 6.42 Å². The average Bonchev–Trinajstić information content (AvgIpc) is 3.22. The van der Waals surface area contributed by atoms with Crippen LogP contribution in [-0.4, -0.2) is 59.7 Å². The first-order valence-electron chi connectivity index (χ1n) is 9.51. The lowest BCUT2D eigenvalue weighted by atomic mass is 10.0. The molecule has 0 spiro atoms. The summed E-state index contributed by atoms with van der Waals surface area (Å²) in [5, 5.41) is 8.20. The normalized spacial score (nSPS) is 23.7. The van der Waals surface area contributed by atoms with Crippen molar-refractivity contribution >= 4 is 23.6 Å². The van der Waals surface area contributed by atoms with Crippen LogP contribution in [0.1, 0.15) is 52.9 Å². The number of rotatable bonds is 7. The van der Waals surface area contributed by atoms with Gasteiger partial charge in [-0.2, -0.15) is 0 Å². The quantitative estimate of drug-likeness (QED) is 0.586. The number of likely N-dealkylation sites (tertiary alicyclic amines) is 1. The summed E-state index contributed by atoms with van der Waals surface area (Å²) in [5.74, 6) is -0.634. The third-order valence-corrected chi connectivity index (χ3v) is 4.82. The molecule has 0 saturated carbocycles. The van der Waals surface area contributed by atoms with Gasteiger partial charge in [-0.25, -0.2) is 0 Å². The molecular formula is C18H30N4O4. The molecule has 0 radical (unpaired) electrons. The summed E-state index contributed by atoms with van der Waals surface area (Å²) in [6.07, 6.45) is 2.67. The Hall–Kier alpha value is -2.12. The van der Waals surface area contributed by atoms with Crippen molar-refractivity contribution in [2.24, 2.45) is 5.92 Å². The molecule has 8 nitrogen and oxygen atoms in total. The third kappa shape index (κ3) is 4.95. The summed E-state index contributed by atoms with van der Waals surface area (Å²) in [6.45, 7) is 6.84. The van der Waals surface area contributed by atoms with Gasteiger partial charge >= 0.3 is 0 Å². The molecular weight excluding hydrogens is 336 g/mol. The topological polar surface area (TPSA) is 108 Å². The van der Waals surface area contributed by atoms with Gasteiger partial charge in [0.15, 0.2) is 0 Å². The molecule has 2 fully saturated rings. The van der Waals surface area contributed by atoms with Crippen molar-refractivity contribution in [3.8, 4) is 0 Å². The van der Waals surface area contributed by atoms with Gasteiger partial charge in [0, 0.05) is 19.5 Å². The van der Waals surface area contributed by atoms with Crippen LogP contribution in [0.25, 0.3) is 0 Å². The summed E-state index contributed by atoms with van der Waals surface area (Å²) >= 11 is 0. The molecule has 0 aromatic carbocycles. The Kier molecular flexibility index (Phi) is 6.99. The molecule has 0 aromatic rings. The molecule has 3 N–H and O–H groups in total. The number of nitrogens with one attached hydrogen (secondary N) is 3. The van der Waals surface area contributed by atoms with Crippen LogP contribution in [0.2, 0.25) is 0 Å². The second-order valence-corrected chi connectivity index (χ2v) is 7.43. The van der Waals surface area contributed by atoms with E-state index in [4.69, 9.17) is 0 Å². The van der Waals surface area contributed by atoms with Gasteiger partial charge in [0.25, 0.3) is 0 Å². The van der Waals surface area contributed by atoms with Crippen LogP contribution in [0.3, 0.4) is 0 Å². The van der Waals surface area contributed by atoms with Gasteiger partial charge in [-0.3, -0.25) is 19.2 Å². The van der Waals surface area contributed by atoms with Gasteiger partial charge < -0.3 is 20.9 Å². The van der Waals surface area contributed by atoms with Gasteiger partial charge in [-0.05, 0) is 38.5 Å². The average molecular weight is 366 g/mol. The fourth-order valence-corrected chi connectivity index (χ4v) is 3.57. The minimum atomic E-state index is -0.685. The maximum atomic E-state index is 13.1. The Bertz CT molecular complexity index is 563. The van der Waals surface area contributed by atoms with Crippen molar-refractivity contribution in [2.45, 2.75) is 71.0 Å². The molecule has 3 atom stereocenters. The highest BCUT2D eigenvalue weighted by atomic mass is 16.2. The number of nitrogens with zero attached hydrogens (tertiary/aromatic N) is 1. The number of hydrogen-bond donors (Lipinski definition) is 3. The first kappa shape index (κ1) is 20.2. The molecule has 0 bridgehead atoms. The van der Waals surface area contributed by atoms with Crippen LogP contribution in [0.4, 0.5) is 0 Å². The smallest absolute Gasteiger partial charge is 0.245 e. The molecule has 2 aliphatic rings. The SMILES string of the molecule is CCNC(=O)[C@H]1CCCN1C(=O)[C@@H](CC(C)C)NC(=O)[C@H]1CCC(=O)N1. The summed E-state index contributed by atoms with van der Waals surface area (Å²) in [5.41, 5.74) is 0. The Morgan fingerprint density at radius 2 is 1.96 bits per heavy atom. The number of amides is 4. The molecule has 26 heavy (non-hydrogen) atoms. The van der Waals surface area contributed by atoms with E-state index >= 15 is 0 Å². The zero-order valence-corrected chi connectivity index (χ0v) is 15.8. The van der Waals surface area contributed by atoms with Gasteiger partial charge in [0.05, 0.1) is 0 Å². The Labute approximate surface area is 154 Å². The summed E-state index contributed by atoms with van der Waals surface area (Å²) < 4.78 is 0. The van der Waals surface area contributed by atoms with Crippen LogP contribution in [0.5, 0.6) is 0 Å². The monoisotopic (exact) mass is 366 g/mol. The van der Waals surface area contributed by atoms with Gasteiger partial charge in [-0.1, -0.05) is 13.8 Å². The summed E-state index contributed by atoms with van der Waals surface area (Å²) in [4.78, 5) is 50.7. The van der Waals surface area contributed by atoms with E-state index in [1.54, 1.807) is 4.90 Å². The zero-order chi connectivity index (χ0) is 19.3. The first-order chi connectivity index (χ1) is 12.3. The molecule has 8 heteroatoms. The van der Waals surface area contributed by atoms with Crippen molar-refractivity contribution in [2.75, 3.05) is 13.1 Å². The number of hydrogen-bond acceptors (Lipinski definition) is 4. The van der Waals surface area contributed by atoms with Gasteiger partial charge in [0.2, 0.25) is 23.6 Å². The minimum Gasteiger partial charge on any atom is -0.355 e. The fourth-order valence-electron chi connectivity index (χ4n) is 3.57. The standard InChI is InChI=1S/C18H30N4O4/c1-4-19-17(25)14-6-5-9-22(14)18(26)13(10-11(2)3)21-16(24)12-7-8-15(23)20-12/h11-14H,4-10H2,1-3H3,(H,19,25)(H,20,23)(H,21,24)/t12-,13-,14-/m1/s1. The van der Waals surface area contributed by atoms with Gasteiger partial charge in [-0.15, -0.1) is 0 Å². The highest BCUT2D eigenvalue weighted by Crippen LogP contribution is 2.20. The second kappa shape index (κ2) is 9.00. The highest BCUT2D eigenvalue weighted by Gasteiger charge is 2.38. The Morgan fingerprint density at radius 3 is 2.54 bits per heavy atom. The highest BCUT2D eigenvalue weighted by molar-refractivity contribution is 5.95. The molecule has 0 aliphatic carbocycles. The van der Waals surface area contributed by atoms with E-state index in [1.165, 1.54) is 0 Å². The first-order valence-corrected chi connectivity index (χ1v) is 9.51. The predicted molar refractivity (Wildman–Crippen MR) is 96.0 cm³/mol. The molecule has 2 rings (SSSR count). The van der Waals surface area contributed by atoms with E-state index in [9.17, 15) is 19.2 Å². The van der Waals surface area contributed by atoms with Crippen LogP contribution in [-0.2, 0) is 19.2 Å². The van der Waals surface area contributed by atoms with Crippen molar-refractivity contribution in [1.82, 2.24) is 20.9 Å². The fraction of sp³-hybridized carbons (Fsp3) is 0.778. The van der Waals surface area contributed by atoms with E-state index in [0.29, 0.717) is 38.8 Å². The second-order valence-electron chi connectivity index (χ2n) is 7.43. The van der Waals surface area contributed by atoms with Crippen LogP contribution in [0, 0.1) is 5.92 Å². The Balaban J connectivity index is 2.07. The molecule has 4 amide bonds. The largest absolute Gasteiger partial charge is 0.355 e. The van der Waals surface area contributed by atoms with Crippen LogP contribution >= 0.6 is 0 Å². The maximum absolute atomic E-state index is 13.1. The molecule has 0 aromatic heterocycles. The molecule has 2 saturated heterocycles.